The summed E-state index contributed by atoms with van der Waals surface area (Å²) in [7, 11) is -4.66. The number of carbonyl (C=O) groups excluding carboxylic acids is 1. The molecule has 0 saturated carbocycles. The van der Waals surface area contributed by atoms with E-state index in [1.807, 2.05) is 0 Å². The van der Waals surface area contributed by atoms with Crippen LogP contribution in [-0.4, -0.2) is 26.6 Å². The van der Waals surface area contributed by atoms with Gasteiger partial charge in [-0.2, -0.15) is 8.42 Å². The Morgan fingerprint density at radius 3 is 2.70 bits per heavy atom. The molecule has 1 aromatic rings. The lowest BCUT2D eigenvalue weighted by molar-refractivity contribution is -0.117. The highest BCUT2D eigenvalue weighted by Crippen LogP contribution is 2.33. The smallest absolute Gasteiger partial charge is 0.302 e. The minimum atomic E-state index is -4.66. The number of carbonyl (C=O) groups is 1. The lowest BCUT2D eigenvalue weighted by Gasteiger charge is -2.19. The summed E-state index contributed by atoms with van der Waals surface area (Å²) in [5.74, 6) is -2.53. The van der Waals surface area contributed by atoms with Crippen molar-refractivity contribution in [3.63, 3.8) is 0 Å². The van der Waals surface area contributed by atoms with E-state index in [4.69, 9.17) is 17.3 Å². The van der Waals surface area contributed by atoms with Crippen LogP contribution in [-0.2, 0) is 15.0 Å². The third-order valence-electron chi connectivity index (χ3n) is 3.00. The number of benzene rings is 1. The molecule has 0 radical (unpaired) electrons. The van der Waals surface area contributed by atoms with Gasteiger partial charge in [0.25, 0.3) is 0 Å². The van der Waals surface area contributed by atoms with Crippen LogP contribution < -0.4 is 10.6 Å². The molecule has 20 heavy (non-hydrogen) atoms. The summed E-state index contributed by atoms with van der Waals surface area (Å²) < 4.78 is 47.1. The van der Waals surface area contributed by atoms with Crippen molar-refractivity contribution in [2.45, 2.75) is 6.42 Å². The number of anilines is 2. The molecule has 1 aromatic carbocycles. The van der Waals surface area contributed by atoms with Crippen LogP contribution in [0.2, 0.25) is 5.02 Å². The predicted molar refractivity (Wildman–Crippen MR) is 71.2 cm³/mol. The quantitative estimate of drug-likeness (QED) is 0.678. The maximum Gasteiger partial charge on any atom is 0.302 e. The van der Waals surface area contributed by atoms with Crippen LogP contribution >= 0.6 is 11.6 Å². The summed E-state index contributed by atoms with van der Waals surface area (Å²) in [6.45, 7) is -0.00581. The SMILES string of the molecule is Nc1cc(F)c(Cl)cc1N1CC(CS(=O)(=O)F)CC1=O. The first-order valence-electron chi connectivity index (χ1n) is 5.64. The predicted octanol–water partition coefficient (Wildman–Crippen LogP) is 1.71. The fourth-order valence-electron chi connectivity index (χ4n) is 2.19. The summed E-state index contributed by atoms with van der Waals surface area (Å²) in [6, 6.07) is 2.17. The molecule has 1 aliphatic rings. The van der Waals surface area contributed by atoms with Gasteiger partial charge >= 0.3 is 10.2 Å². The largest absolute Gasteiger partial charge is 0.397 e. The van der Waals surface area contributed by atoms with Gasteiger partial charge in [0.1, 0.15) is 5.82 Å². The Kier molecular flexibility index (Phi) is 3.88. The molecule has 0 aromatic heterocycles. The van der Waals surface area contributed by atoms with Gasteiger partial charge in [0.05, 0.1) is 22.2 Å². The molecule has 1 atom stereocenters. The van der Waals surface area contributed by atoms with E-state index in [1.165, 1.54) is 11.0 Å². The van der Waals surface area contributed by atoms with Gasteiger partial charge in [0.15, 0.2) is 0 Å². The van der Waals surface area contributed by atoms with E-state index >= 15 is 0 Å². The molecule has 1 heterocycles. The highest BCUT2D eigenvalue weighted by Gasteiger charge is 2.34. The Bertz CT molecular complexity index is 666. The zero-order valence-corrected chi connectivity index (χ0v) is 11.7. The number of nitrogens with zero attached hydrogens (tertiary/aromatic N) is 1. The molecular formula is C11H11ClF2N2O3S. The molecule has 1 fully saturated rings. The van der Waals surface area contributed by atoms with Crippen molar-refractivity contribution in [2.24, 2.45) is 5.92 Å². The topological polar surface area (TPSA) is 80.5 Å². The summed E-state index contributed by atoms with van der Waals surface area (Å²) in [5.41, 5.74) is 5.82. The molecule has 9 heteroatoms. The van der Waals surface area contributed by atoms with E-state index in [0.29, 0.717) is 0 Å². The lowest BCUT2D eigenvalue weighted by atomic mass is 10.1. The van der Waals surface area contributed by atoms with E-state index in [1.54, 1.807) is 0 Å². The zero-order chi connectivity index (χ0) is 15.1. The van der Waals surface area contributed by atoms with Crippen molar-refractivity contribution in [1.82, 2.24) is 0 Å². The first-order valence-corrected chi connectivity index (χ1v) is 7.57. The zero-order valence-electron chi connectivity index (χ0n) is 10.1. The summed E-state index contributed by atoms with van der Waals surface area (Å²) >= 11 is 5.63. The number of nitrogen functional groups attached to an aromatic ring is 1. The molecule has 5 nitrogen and oxygen atoms in total. The summed E-state index contributed by atoms with van der Waals surface area (Å²) in [4.78, 5) is 13.0. The summed E-state index contributed by atoms with van der Waals surface area (Å²) in [5, 5.41) is -0.205. The standard InChI is InChI=1S/C11H11ClF2N2O3S/c12-7-2-10(9(15)3-8(7)13)16-4-6(1-11(16)17)5-20(14,18)19/h2-3,6H,1,4-5,15H2. The van der Waals surface area contributed by atoms with E-state index < -0.39 is 33.6 Å². The Balaban J connectivity index is 2.26. The Morgan fingerprint density at radius 2 is 2.10 bits per heavy atom. The van der Waals surface area contributed by atoms with Crippen molar-refractivity contribution >= 4 is 39.1 Å². The van der Waals surface area contributed by atoms with Crippen LogP contribution in [0.5, 0.6) is 0 Å². The molecule has 1 aliphatic heterocycles. The molecule has 0 bridgehead atoms. The van der Waals surface area contributed by atoms with Gasteiger partial charge < -0.3 is 10.6 Å². The fraction of sp³-hybridized carbons (Fsp3) is 0.364. The normalized spacial score (nSPS) is 19.6. The molecule has 2 N–H and O–H groups in total. The van der Waals surface area contributed by atoms with Crippen molar-refractivity contribution in [3.8, 4) is 0 Å². The fourth-order valence-corrected chi connectivity index (χ4v) is 3.14. The Morgan fingerprint density at radius 1 is 1.45 bits per heavy atom. The van der Waals surface area contributed by atoms with E-state index in [9.17, 15) is 21.5 Å². The molecule has 0 aliphatic carbocycles. The van der Waals surface area contributed by atoms with Crippen LogP contribution in [0.25, 0.3) is 0 Å². The average Bonchev–Trinajstić information content (AvgIpc) is 2.62. The van der Waals surface area contributed by atoms with Crippen LogP contribution in [0.4, 0.5) is 19.7 Å². The number of halogens is 3. The van der Waals surface area contributed by atoms with Gasteiger partial charge in [-0.25, -0.2) is 4.39 Å². The monoisotopic (exact) mass is 324 g/mol. The van der Waals surface area contributed by atoms with Gasteiger partial charge in [-0.3, -0.25) is 4.79 Å². The number of amides is 1. The minimum Gasteiger partial charge on any atom is -0.397 e. The maximum absolute atomic E-state index is 13.2. The third-order valence-corrected chi connectivity index (χ3v) is 4.16. The van der Waals surface area contributed by atoms with Crippen LogP contribution in [0.1, 0.15) is 6.42 Å². The van der Waals surface area contributed by atoms with Gasteiger partial charge in [-0.1, -0.05) is 11.6 Å². The van der Waals surface area contributed by atoms with E-state index in [2.05, 4.69) is 0 Å². The molecule has 0 spiro atoms. The molecule has 1 amide bonds. The molecular weight excluding hydrogens is 314 g/mol. The molecule has 1 saturated heterocycles. The first-order chi connectivity index (χ1) is 9.17. The second kappa shape index (κ2) is 5.17. The second-order valence-electron chi connectivity index (χ2n) is 4.61. The number of nitrogens with two attached hydrogens (primary N) is 1. The number of hydrogen-bond donors (Lipinski definition) is 1. The van der Waals surface area contributed by atoms with Gasteiger partial charge in [0.2, 0.25) is 5.91 Å². The molecule has 1 unspecified atom stereocenters. The van der Waals surface area contributed by atoms with E-state index in [0.717, 1.165) is 6.07 Å². The number of rotatable bonds is 3. The van der Waals surface area contributed by atoms with Gasteiger partial charge in [-0.05, 0) is 6.07 Å². The second-order valence-corrected chi connectivity index (χ2v) is 6.42. The van der Waals surface area contributed by atoms with Crippen LogP contribution in [0.3, 0.4) is 0 Å². The van der Waals surface area contributed by atoms with Crippen molar-refractivity contribution in [2.75, 3.05) is 22.9 Å². The van der Waals surface area contributed by atoms with E-state index in [-0.39, 0.29) is 29.4 Å². The highest BCUT2D eigenvalue weighted by atomic mass is 35.5. The Hall–Kier alpha value is -1.41. The molecule has 110 valence electrons. The molecule has 2 rings (SSSR count). The third kappa shape index (κ3) is 3.18. The van der Waals surface area contributed by atoms with Crippen molar-refractivity contribution in [1.29, 1.82) is 0 Å². The Labute approximate surface area is 119 Å². The van der Waals surface area contributed by atoms with Crippen molar-refractivity contribution < 1.29 is 21.5 Å². The maximum atomic E-state index is 13.2. The van der Waals surface area contributed by atoms with Gasteiger partial charge in [0, 0.05) is 24.9 Å². The first kappa shape index (κ1) is 15.0. The summed E-state index contributed by atoms with van der Waals surface area (Å²) in [6.07, 6.45) is -0.114. The number of hydrogen-bond acceptors (Lipinski definition) is 4. The van der Waals surface area contributed by atoms with Crippen LogP contribution in [0.15, 0.2) is 12.1 Å². The minimum absolute atomic E-state index is 0.00371. The average molecular weight is 325 g/mol. The highest BCUT2D eigenvalue weighted by molar-refractivity contribution is 7.86. The van der Waals surface area contributed by atoms with Crippen molar-refractivity contribution in [3.05, 3.63) is 23.0 Å². The van der Waals surface area contributed by atoms with Gasteiger partial charge in [-0.15, -0.1) is 3.89 Å². The van der Waals surface area contributed by atoms with Crippen LogP contribution in [0, 0.1) is 11.7 Å². The lowest BCUT2D eigenvalue weighted by Crippen LogP contribution is -2.26.